The van der Waals surface area contributed by atoms with Gasteiger partial charge in [0.25, 0.3) is 0 Å². The third kappa shape index (κ3) is 2.65. The highest BCUT2D eigenvalue weighted by atomic mass is 16.6. The van der Waals surface area contributed by atoms with Crippen molar-refractivity contribution in [3.05, 3.63) is 23.8 Å². The average molecular weight is 299 g/mol. The number of rotatable bonds is 3. The van der Waals surface area contributed by atoms with Crippen molar-refractivity contribution in [2.75, 3.05) is 32.8 Å². The number of fused-ring (bicyclic) bond motifs is 1. The zero-order valence-corrected chi connectivity index (χ0v) is 12.7. The lowest BCUT2D eigenvalue weighted by Crippen LogP contribution is -2.52. The summed E-state index contributed by atoms with van der Waals surface area (Å²) in [7, 11) is 0. The molecule has 0 spiro atoms. The van der Waals surface area contributed by atoms with E-state index >= 15 is 0 Å². The Morgan fingerprint density at radius 1 is 1.18 bits per heavy atom. The average Bonchev–Trinajstić information content (AvgIpc) is 3.40. The molecule has 1 atom stereocenters. The predicted molar refractivity (Wildman–Crippen MR) is 81.8 cm³/mol. The third-order valence-corrected chi connectivity index (χ3v) is 4.71. The molecule has 0 bridgehead atoms. The highest BCUT2D eigenvalue weighted by Crippen LogP contribution is 2.35. The number of nitriles is 1. The van der Waals surface area contributed by atoms with Gasteiger partial charge < -0.3 is 9.47 Å². The molecule has 1 saturated carbocycles. The zero-order valence-electron chi connectivity index (χ0n) is 12.7. The van der Waals surface area contributed by atoms with Crippen LogP contribution in [0.2, 0.25) is 0 Å². The summed E-state index contributed by atoms with van der Waals surface area (Å²) in [6.45, 7) is 4.88. The fourth-order valence-electron chi connectivity index (χ4n) is 3.45. The molecule has 0 radical (unpaired) electrons. The zero-order chi connectivity index (χ0) is 14.9. The van der Waals surface area contributed by atoms with Crippen molar-refractivity contribution in [2.24, 2.45) is 0 Å². The van der Waals surface area contributed by atoms with E-state index in [2.05, 4.69) is 21.9 Å². The van der Waals surface area contributed by atoms with Crippen LogP contribution in [0.25, 0.3) is 0 Å². The molecule has 1 saturated heterocycles. The van der Waals surface area contributed by atoms with Crippen molar-refractivity contribution < 1.29 is 9.47 Å². The van der Waals surface area contributed by atoms with Crippen LogP contribution in [0.5, 0.6) is 11.5 Å². The maximum absolute atomic E-state index is 9.45. The van der Waals surface area contributed by atoms with Gasteiger partial charge in [-0.05, 0) is 18.9 Å². The highest BCUT2D eigenvalue weighted by molar-refractivity contribution is 5.47. The fraction of sp³-hybridized carbons (Fsp3) is 0.588. The summed E-state index contributed by atoms with van der Waals surface area (Å²) in [4.78, 5) is 4.75. The normalized spacial score (nSPS) is 25.7. The largest absolute Gasteiger partial charge is 0.486 e. The monoisotopic (exact) mass is 299 g/mol. The Hall–Kier alpha value is -1.77. The molecule has 1 aromatic carbocycles. The maximum atomic E-state index is 9.45. The SMILES string of the molecule is N#CC1CN(Cc2cccc3c2OCCO3)CCN1C1CC1. The van der Waals surface area contributed by atoms with E-state index in [0.717, 1.165) is 43.2 Å². The van der Waals surface area contributed by atoms with Crippen LogP contribution in [0.15, 0.2) is 18.2 Å². The van der Waals surface area contributed by atoms with Crippen molar-refractivity contribution in [1.82, 2.24) is 9.80 Å². The van der Waals surface area contributed by atoms with Gasteiger partial charge >= 0.3 is 0 Å². The van der Waals surface area contributed by atoms with E-state index in [1.165, 1.54) is 12.8 Å². The number of benzene rings is 1. The predicted octanol–water partition coefficient (Wildman–Crippen LogP) is 1.63. The van der Waals surface area contributed by atoms with Gasteiger partial charge in [-0.3, -0.25) is 9.80 Å². The second-order valence-electron chi connectivity index (χ2n) is 6.29. The van der Waals surface area contributed by atoms with Crippen LogP contribution in [-0.2, 0) is 6.54 Å². The number of piperazine rings is 1. The number of nitrogens with zero attached hydrogens (tertiary/aromatic N) is 3. The van der Waals surface area contributed by atoms with Gasteiger partial charge in [-0.15, -0.1) is 0 Å². The minimum atomic E-state index is 0.0259. The molecule has 5 nitrogen and oxygen atoms in total. The molecular formula is C17H21N3O2. The standard InChI is InChI=1S/C17H21N3O2/c18-10-15-12-19(6-7-20(15)14-4-5-14)11-13-2-1-3-16-17(13)22-9-8-21-16/h1-3,14-15H,4-9,11-12H2. The summed E-state index contributed by atoms with van der Waals surface area (Å²) in [5, 5.41) is 9.45. The van der Waals surface area contributed by atoms with Crippen molar-refractivity contribution in [1.29, 1.82) is 5.26 Å². The lowest BCUT2D eigenvalue weighted by atomic mass is 10.1. The summed E-state index contributed by atoms with van der Waals surface area (Å²) < 4.78 is 11.4. The van der Waals surface area contributed by atoms with Crippen LogP contribution < -0.4 is 9.47 Å². The molecule has 4 rings (SSSR count). The van der Waals surface area contributed by atoms with Crippen LogP contribution in [-0.4, -0.2) is 54.7 Å². The molecule has 2 aliphatic heterocycles. The van der Waals surface area contributed by atoms with Crippen molar-refractivity contribution in [2.45, 2.75) is 31.5 Å². The molecule has 1 unspecified atom stereocenters. The summed E-state index contributed by atoms with van der Waals surface area (Å²) in [6.07, 6.45) is 2.52. The molecule has 22 heavy (non-hydrogen) atoms. The van der Waals surface area contributed by atoms with E-state index in [-0.39, 0.29) is 6.04 Å². The van der Waals surface area contributed by atoms with Gasteiger partial charge in [-0.2, -0.15) is 5.26 Å². The molecule has 5 heteroatoms. The first-order valence-corrected chi connectivity index (χ1v) is 8.10. The van der Waals surface area contributed by atoms with Crippen LogP contribution in [0, 0.1) is 11.3 Å². The Balaban J connectivity index is 1.47. The Labute approximate surface area is 131 Å². The van der Waals surface area contributed by atoms with E-state index in [1.807, 2.05) is 12.1 Å². The third-order valence-electron chi connectivity index (χ3n) is 4.71. The van der Waals surface area contributed by atoms with Gasteiger partial charge in [0.15, 0.2) is 11.5 Å². The molecule has 2 fully saturated rings. The Bertz CT molecular complexity index is 594. The van der Waals surface area contributed by atoms with Crippen molar-refractivity contribution in [3.63, 3.8) is 0 Å². The fourth-order valence-corrected chi connectivity index (χ4v) is 3.45. The van der Waals surface area contributed by atoms with Crippen LogP contribution in [0.3, 0.4) is 0 Å². The minimum Gasteiger partial charge on any atom is -0.486 e. The van der Waals surface area contributed by atoms with E-state index in [9.17, 15) is 5.26 Å². The van der Waals surface area contributed by atoms with Crippen molar-refractivity contribution in [3.8, 4) is 17.6 Å². The topological polar surface area (TPSA) is 48.7 Å². The molecule has 1 aliphatic carbocycles. The van der Waals surface area contributed by atoms with Gasteiger partial charge in [-0.1, -0.05) is 12.1 Å². The second kappa shape index (κ2) is 5.79. The molecule has 1 aromatic rings. The van der Waals surface area contributed by atoms with Gasteiger partial charge in [0.05, 0.1) is 6.07 Å². The van der Waals surface area contributed by atoms with Crippen LogP contribution in [0.4, 0.5) is 0 Å². The molecule has 2 heterocycles. The highest BCUT2D eigenvalue weighted by Gasteiger charge is 2.37. The Morgan fingerprint density at radius 3 is 2.86 bits per heavy atom. The molecular weight excluding hydrogens is 278 g/mol. The lowest BCUT2D eigenvalue weighted by Gasteiger charge is -2.38. The van der Waals surface area contributed by atoms with Crippen molar-refractivity contribution >= 4 is 0 Å². The first-order valence-electron chi connectivity index (χ1n) is 8.10. The van der Waals surface area contributed by atoms with E-state index < -0.39 is 0 Å². The summed E-state index contributed by atoms with van der Waals surface area (Å²) in [6, 6.07) is 9.25. The smallest absolute Gasteiger partial charge is 0.165 e. The second-order valence-corrected chi connectivity index (χ2v) is 6.29. The Morgan fingerprint density at radius 2 is 2.05 bits per heavy atom. The van der Waals surface area contributed by atoms with E-state index in [0.29, 0.717) is 19.3 Å². The summed E-state index contributed by atoms with van der Waals surface area (Å²) in [5.74, 6) is 1.73. The number of hydrogen-bond donors (Lipinski definition) is 0. The number of hydrogen-bond acceptors (Lipinski definition) is 5. The van der Waals surface area contributed by atoms with Gasteiger partial charge in [0.2, 0.25) is 0 Å². The van der Waals surface area contributed by atoms with E-state index in [4.69, 9.17) is 9.47 Å². The number of para-hydroxylation sites is 1. The van der Waals surface area contributed by atoms with Gasteiger partial charge in [-0.25, -0.2) is 0 Å². The summed E-state index contributed by atoms with van der Waals surface area (Å²) >= 11 is 0. The summed E-state index contributed by atoms with van der Waals surface area (Å²) in [5.41, 5.74) is 1.16. The lowest BCUT2D eigenvalue weighted by molar-refractivity contribution is 0.0880. The van der Waals surface area contributed by atoms with Gasteiger partial charge in [0.1, 0.15) is 19.3 Å². The first kappa shape index (κ1) is 13.9. The van der Waals surface area contributed by atoms with Gasteiger partial charge in [0, 0.05) is 37.8 Å². The molecule has 0 amide bonds. The van der Waals surface area contributed by atoms with E-state index in [1.54, 1.807) is 0 Å². The maximum Gasteiger partial charge on any atom is 0.165 e. The molecule has 116 valence electrons. The Kier molecular flexibility index (Phi) is 3.65. The molecule has 0 N–H and O–H groups in total. The van der Waals surface area contributed by atoms with Crippen LogP contribution in [0.1, 0.15) is 18.4 Å². The van der Waals surface area contributed by atoms with Crippen LogP contribution >= 0.6 is 0 Å². The quantitative estimate of drug-likeness (QED) is 0.849. The molecule has 0 aromatic heterocycles. The minimum absolute atomic E-state index is 0.0259. The molecule has 3 aliphatic rings. The first-order chi connectivity index (χ1) is 10.8. The number of ether oxygens (including phenoxy) is 2.